The minimum absolute atomic E-state index is 0.272. The molecule has 0 bridgehead atoms. The zero-order chi connectivity index (χ0) is 16.1. The molecule has 0 spiro atoms. The van der Waals surface area contributed by atoms with Gasteiger partial charge in [-0.15, -0.1) is 0 Å². The van der Waals surface area contributed by atoms with Gasteiger partial charge in [-0.05, 0) is 42.5 Å². The molecule has 0 radical (unpaired) electrons. The Morgan fingerprint density at radius 2 is 1.65 bits per heavy atom. The Hall–Kier alpha value is -2.92. The number of hydrogen-bond donors (Lipinski definition) is 2. The van der Waals surface area contributed by atoms with Crippen LogP contribution in [0.15, 0.2) is 66.9 Å². The summed E-state index contributed by atoms with van der Waals surface area (Å²) in [6.07, 6.45) is 1.54. The number of rotatable bonds is 4. The van der Waals surface area contributed by atoms with E-state index >= 15 is 0 Å². The maximum atomic E-state index is 12.2. The number of halogens is 1. The van der Waals surface area contributed by atoms with Crippen molar-refractivity contribution in [3.63, 3.8) is 0 Å². The molecule has 0 fully saturated rings. The van der Waals surface area contributed by atoms with Gasteiger partial charge in [0.15, 0.2) is 0 Å². The molecule has 23 heavy (non-hydrogen) atoms. The van der Waals surface area contributed by atoms with E-state index in [-0.39, 0.29) is 11.6 Å². The van der Waals surface area contributed by atoms with Gasteiger partial charge < -0.3 is 10.6 Å². The minimum atomic E-state index is -0.314. The number of carbonyl (C=O) groups excluding carboxylic acids is 1. The molecular weight excluding hydrogens is 312 g/mol. The highest BCUT2D eigenvalue weighted by Crippen LogP contribution is 2.15. The molecule has 0 atom stereocenters. The summed E-state index contributed by atoms with van der Waals surface area (Å²) >= 11 is 5.82. The smallest absolute Gasteiger partial charge is 0.274 e. The number of nitrogens with zero attached hydrogens (tertiary/aromatic N) is 2. The first-order valence-electron chi connectivity index (χ1n) is 6.93. The first kappa shape index (κ1) is 15.0. The molecule has 0 saturated carbocycles. The van der Waals surface area contributed by atoms with E-state index in [0.717, 1.165) is 5.69 Å². The second kappa shape index (κ2) is 6.89. The van der Waals surface area contributed by atoms with Gasteiger partial charge in [0.05, 0.1) is 0 Å². The zero-order valence-electron chi connectivity index (χ0n) is 12.0. The number of nitrogens with one attached hydrogen (secondary N) is 2. The van der Waals surface area contributed by atoms with Crippen LogP contribution < -0.4 is 10.6 Å². The van der Waals surface area contributed by atoms with Crippen LogP contribution in [0.5, 0.6) is 0 Å². The normalized spacial score (nSPS) is 10.1. The minimum Gasteiger partial charge on any atom is -0.324 e. The van der Waals surface area contributed by atoms with Gasteiger partial charge in [0.25, 0.3) is 5.91 Å². The standard InChI is InChI=1S/C17H13ClN4O/c18-12-6-8-14(9-7-12)20-16(23)15-10-11-19-17(22-15)21-13-4-2-1-3-5-13/h1-11H,(H,20,23)(H,19,21,22). The van der Waals surface area contributed by atoms with Crippen LogP contribution in [-0.2, 0) is 0 Å². The third-order valence-electron chi connectivity index (χ3n) is 3.02. The fourth-order valence-electron chi connectivity index (χ4n) is 1.92. The molecule has 0 aliphatic heterocycles. The largest absolute Gasteiger partial charge is 0.324 e. The van der Waals surface area contributed by atoms with E-state index in [1.165, 1.54) is 6.20 Å². The number of hydrogen-bond acceptors (Lipinski definition) is 4. The molecule has 5 nitrogen and oxygen atoms in total. The molecule has 1 heterocycles. The molecule has 3 rings (SSSR count). The Labute approximate surface area is 138 Å². The predicted octanol–water partition coefficient (Wildman–Crippen LogP) is 4.13. The molecule has 0 aliphatic carbocycles. The van der Waals surface area contributed by atoms with Gasteiger partial charge in [-0.1, -0.05) is 29.8 Å². The van der Waals surface area contributed by atoms with Crippen molar-refractivity contribution in [1.29, 1.82) is 0 Å². The Balaban J connectivity index is 1.73. The maximum absolute atomic E-state index is 12.2. The lowest BCUT2D eigenvalue weighted by molar-refractivity contribution is 0.102. The fraction of sp³-hybridized carbons (Fsp3) is 0. The lowest BCUT2D eigenvalue weighted by Crippen LogP contribution is -2.14. The van der Waals surface area contributed by atoms with Crippen molar-refractivity contribution in [2.75, 3.05) is 10.6 Å². The Kier molecular flexibility index (Phi) is 4.49. The van der Waals surface area contributed by atoms with Crippen molar-refractivity contribution in [2.24, 2.45) is 0 Å². The quantitative estimate of drug-likeness (QED) is 0.757. The highest BCUT2D eigenvalue weighted by atomic mass is 35.5. The monoisotopic (exact) mass is 324 g/mol. The van der Waals surface area contributed by atoms with Crippen molar-refractivity contribution in [3.8, 4) is 0 Å². The molecule has 0 saturated heterocycles. The lowest BCUT2D eigenvalue weighted by atomic mass is 10.3. The van der Waals surface area contributed by atoms with E-state index < -0.39 is 0 Å². The summed E-state index contributed by atoms with van der Waals surface area (Å²) in [5.41, 5.74) is 1.77. The van der Waals surface area contributed by atoms with Gasteiger partial charge in [-0.2, -0.15) is 0 Å². The average molecular weight is 325 g/mol. The van der Waals surface area contributed by atoms with Gasteiger partial charge in [-0.25, -0.2) is 9.97 Å². The van der Waals surface area contributed by atoms with Gasteiger partial charge in [-0.3, -0.25) is 4.79 Å². The molecule has 114 valence electrons. The van der Waals surface area contributed by atoms with Crippen molar-refractivity contribution in [2.45, 2.75) is 0 Å². The summed E-state index contributed by atoms with van der Waals surface area (Å²) in [5.74, 6) is 0.0470. The molecule has 1 aromatic heterocycles. The summed E-state index contributed by atoms with van der Waals surface area (Å²) in [6, 6.07) is 17.9. The molecule has 0 unspecified atom stereocenters. The molecule has 6 heteroatoms. The number of aromatic nitrogens is 2. The molecule has 2 aromatic carbocycles. The molecule has 1 amide bonds. The molecular formula is C17H13ClN4O. The molecule has 3 aromatic rings. The van der Waals surface area contributed by atoms with Crippen LogP contribution in [0.1, 0.15) is 10.5 Å². The van der Waals surface area contributed by atoms with Crippen LogP contribution in [0, 0.1) is 0 Å². The van der Waals surface area contributed by atoms with Crippen LogP contribution in [0.4, 0.5) is 17.3 Å². The first-order chi connectivity index (χ1) is 11.2. The van der Waals surface area contributed by atoms with E-state index in [2.05, 4.69) is 20.6 Å². The second-order valence-electron chi connectivity index (χ2n) is 4.72. The number of carbonyl (C=O) groups is 1. The SMILES string of the molecule is O=C(Nc1ccc(Cl)cc1)c1ccnc(Nc2ccccc2)n1. The molecule has 2 N–H and O–H groups in total. The van der Waals surface area contributed by atoms with Gasteiger partial charge in [0.2, 0.25) is 5.95 Å². The van der Waals surface area contributed by atoms with E-state index in [4.69, 9.17) is 11.6 Å². The number of amides is 1. The van der Waals surface area contributed by atoms with E-state index in [1.807, 2.05) is 30.3 Å². The molecule has 0 aliphatic rings. The third kappa shape index (κ3) is 4.05. The van der Waals surface area contributed by atoms with Crippen molar-refractivity contribution >= 4 is 34.8 Å². The number of benzene rings is 2. The number of para-hydroxylation sites is 1. The fourth-order valence-corrected chi connectivity index (χ4v) is 2.05. The second-order valence-corrected chi connectivity index (χ2v) is 5.15. The number of anilines is 3. The maximum Gasteiger partial charge on any atom is 0.274 e. The highest BCUT2D eigenvalue weighted by molar-refractivity contribution is 6.30. The van der Waals surface area contributed by atoms with Crippen LogP contribution in [0.25, 0.3) is 0 Å². The highest BCUT2D eigenvalue weighted by Gasteiger charge is 2.09. The van der Waals surface area contributed by atoms with E-state index in [0.29, 0.717) is 16.7 Å². The van der Waals surface area contributed by atoms with Crippen LogP contribution in [-0.4, -0.2) is 15.9 Å². The first-order valence-corrected chi connectivity index (χ1v) is 7.30. The van der Waals surface area contributed by atoms with Gasteiger partial charge in [0.1, 0.15) is 5.69 Å². The topological polar surface area (TPSA) is 66.9 Å². The Morgan fingerprint density at radius 1 is 0.913 bits per heavy atom. The summed E-state index contributed by atoms with van der Waals surface area (Å²) in [7, 11) is 0. The summed E-state index contributed by atoms with van der Waals surface area (Å²) in [6.45, 7) is 0. The zero-order valence-corrected chi connectivity index (χ0v) is 12.8. The van der Waals surface area contributed by atoms with Gasteiger partial charge >= 0.3 is 0 Å². The van der Waals surface area contributed by atoms with Crippen molar-refractivity contribution in [3.05, 3.63) is 77.6 Å². The Morgan fingerprint density at radius 3 is 2.39 bits per heavy atom. The van der Waals surface area contributed by atoms with Gasteiger partial charge in [0, 0.05) is 22.6 Å². The third-order valence-corrected chi connectivity index (χ3v) is 3.27. The summed E-state index contributed by atoms with van der Waals surface area (Å²) in [4.78, 5) is 20.6. The average Bonchev–Trinajstić information content (AvgIpc) is 2.58. The van der Waals surface area contributed by atoms with Crippen molar-refractivity contribution < 1.29 is 4.79 Å². The summed E-state index contributed by atoms with van der Waals surface area (Å²) in [5, 5.41) is 6.42. The Bertz CT molecular complexity index is 806. The summed E-state index contributed by atoms with van der Waals surface area (Å²) < 4.78 is 0. The van der Waals surface area contributed by atoms with Crippen LogP contribution >= 0.6 is 11.6 Å². The van der Waals surface area contributed by atoms with Crippen molar-refractivity contribution in [1.82, 2.24) is 9.97 Å². The predicted molar refractivity (Wildman–Crippen MR) is 91.2 cm³/mol. The van der Waals surface area contributed by atoms with Crippen LogP contribution in [0.3, 0.4) is 0 Å². The van der Waals surface area contributed by atoms with Crippen LogP contribution in [0.2, 0.25) is 5.02 Å². The lowest BCUT2D eigenvalue weighted by Gasteiger charge is -2.07. The van der Waals surface area contributed by atoms with E-state index in [1.54, 1.807) is 30.3 Å². The van der Waals surface area contributed by atoms with E-state index in [9.17, 15) is 4.79 Å².